The van der Waals surface area contributed by atoms with Crippen molar-refractivity contribution >= 4 is 5.91 Å². The number of aryl methyl sites for hydroxylation is 1. The largest absolute Gasteiger partial charge is 0.376 e. The standard InChI is InChI=1S/C19H25N5O2/c1-23-21-18(20-22-23)15-7-9-16(10-8-15)19(25)24(12-14-4-2-5-14)13-17-6-3-11-26-17/h7-10,14,17H,2-6,11-13H2,1H3/t17-/m1/s1. The fourth-order valence-corrected chi connectivity index (χ4v) is 3.61. The van der Waals surface area contributed by atoms with Gasteiger partial charge < -0.3 is 9.64 Å². The van der Waals surface area contributed by atoms with Gasteiger partial charge >= 0.3 is 0 Å². The van der Waals surface area contributed by atoms with Gasteiger partial charge in [-0.1, -0.05) is 18.6 Å². The minimum Gasteiger partial charge on any atom is -0.376 e. The van der Waals surface area contributed by atoms with Gasteiger partial charge in [0, 0.05) is 30.8 Å². The van der Waals surface area contributed by atoms with Gasteiger partial charge in [0.25, 0.3) is 5.91 Å². The minimum atomic E-state index is 0.0889. The number of hydrogen-bond donors (Lipinski definition) is 0. The molecule has 7 nitrogen and oxygen atoms in total. The molecule has 1 aliphatic heterocycles. The van der Waals surface area contributed by atoms with Crippen molar-refractivity contribution in [3.8, 4) is 11.4 Å². The highest BCUT2D eigenvalue weighted by atomic mass is 16.5. The summed E-state index contributed by atoms with van der Waals surface area (Å²) in [5, 5.41) is 12.1. The maximum absolute atomic E-state index is 13.1. The first-order valence-electron chi connectivity index (χ1n) is 9.44. The van der Waals surface area contributed by atoms with Crippen LogP contribution in [0.3, 0.4) is 0 Å². The lowest BCUT2D eigenvalue weighted by atomic mass is 9.85. The van der Waals surface area contributed by atoms with Gasteiger partial charge in [0.2, 0.25) is 5.82 Å². The van der Waals surface area contributed by atoms with Gasteiger partial charge in [-0.05, 0) is 48.9 Å². The summed E-state index contributed by atoms with van der Waals surface area (Å²) >= 11 is 0. The highest BCUT2D eigenvalue weighted by Gasteiger charge is 2.28. The van der Waals surface area contributed by atoms with E-state index in [4.69, 9.17) is 4.74 Å². The smallest absolute Gasteiger partial charge is 0.253 e. The Bertz CT molecular complexity index is 748. The zero-order valence-electron chi connectivity index (χ0n) is 15.2. The summed E-state index contributed by atoms with van der Waals surface area (Å²) in [5.41, 5.74) is 1.56. The van der Waals surface area contributed by atoms with Gasteiger partial charge in [0.15, 0.2) is 0 Å². The molecule has 7 heteroatoms. The van der Waals surface area contributed by atoms with E-state index in [0.29, 0.717) is 23.9 Å². The van der Waals surface area contributed by atoms with Crippen LogP contribution in [0.15, 0.2) is 24.3 Å². The quantitative estimate of drug-likeness (QED) is 0.795. The first kappa shape index (κ1) is 17.1. The molecule has 1 saturated carbocycles. The van der Waals surface area contributed by atoms with E-state index in [0.717, 1.165) is 31.6 Å². The third-order valence-corrected chi connectivity index (χ3v) is 5.34. The maximum atomic E-state index is 13.1. The molecule has 26 heavy (non-hydrogen) atoms. The van der Waals surface area contributed by atoms with Crippen molar-refractivity contribution in [1.29, 1.82) is 0 Å². The summed E-state index contributed by atoms with van der Waals surface area (Å²) in [5.74, 6) is 1.30. The molecule has 0 unspecified atom stereocenters. The molecule has 1 saturated heterocycles. The number of carbonyl (C=O) groups is 1. The predicted octanol–water partition coefficient (Wildman–Crippen LogP) is 2.30. The van der Waals surface area contributed by atoms with E-state index in [1.807, 2.05) is 29.2 Å². The third-order valence-electron chi connectivity index (χ3n) is 5.34. The van der Waals surface area contributed by atoms with Crippen LogP contribution in [0.1, 0.15) is 42.5 Å². The fraction of sp³-hybridized carbons (Fsp3) is 0.579. The Kier molecular flexibility index (Phi) is 4.97. The summed E-state index contributed by atoms with van der Waals surface area (Å²) < 4.78 is 5.76. The normalized spacial score (nSPS) is 20.1. The molecule has 0 radical (unpaired) electrons. The minimum absolute atomic E-state index is 0.0889. The van der Waals surface area contributed by atoms with Crippen LogP contribution in [-0.4, -0.2) is 56.8 Å². The second-order valence-electron chi connectivity index (χ2n) is 7.32. The molecule has 1 aliphatic carbocycles. The molecule has 2 fully saturated rings. The SMILES string of the molecule is Cn1nnc(-c2ccc(C(=O)N(CC3CCC3)C[C@H]3CCCO3)cc2)n1. The average molecular weight is 355 g/mol. The van der Waals surface area contributed by atoms with Crippen LogP contribution in [-0.2, 0) is 11.8 Å². The Morgan fingerprint density at radius 1 is 1.19 bits per heavy atom. The van der Waals surface area contributed by atoms with E-state index in [1.165, 1.54) is 24.1 Å². The second-order valence-corrected chi connectivity index (χ2v) is 7.32. The lowest BCUT2D eigenvalue weighted by Crippen LogP contribution is -2.41. The van der Waals surface area contributed by atoms with Crippen LogP contribution in [0.5, 0.6) is 0 Å². The molecule has 0 N–H and O–H groups in total. The van der Waals surface area contributed by atoms with Gasteiger partial charge in [-0.25, -0.2) is 0 Å². The highest BCUT2D eigenvalue weighted by Crippen LogP contribution is 2.28. The molecule has 0 bridgehead atoms. The number of benzene rings is 1. The highest BCUT2D eigenvalue weighted by molar-refractivity contribution is 5.94. The van der Waals surface area contributed by atoms with E-state index < -0.39 is 0 Å². The first-order chi connectivity index (χ1) is 12.7. The van der Waals surface area contributed by atoms with E-state index in [-0.39, 0.29) is 12.0 Å². The van der Waals surface area contributed by atoms with Crippen LogP contribution >= 0.6 is 0 Å². The lowest BCUT2D eigenvalue weighted by Gasteiger charge is -2.33. The van der Waals surface area contributed by atoms with Crippen LogP contribution in [0, 0.1) is 5.92 Å². The topological polar surface area (TPSA) is 73.1 Å². The van der Waals surface area contributed by atoms with Crippen molar-refractivity contribution in [3.05, 3.63) is 29.8 Å². The van der Waals surface area contributed by atoms with Crippen molar-refractivity contribution < 1.29 is 9.53 Å². The van der Waals surface area contributed by atoms with Gasteiger partial charge in [0.1, 0.15) is 0 Å². The molecule has 0 spiro atoms. The van der Waals surface area contributed by atoms with Crippen LogP contribution in [0.4, 0.5) is 0 Å². The number of hydrogen-bond acceptors (Lipinski definition) is 5. The van der Waals surface area contributed by atoms with Crippen LogP contribution < -0.4 is 0 Å². The summed E-state index contributed by atoms with van der Waals surface area (Å²) in [6.07, 6.45) is 6.06. The van der Waals surface area contributed by atoms with Crippen LogP contribution in [0.2, 0.25) is 0 Å². The van der Waals surface area contributed by atoms with Crippen molar-refractivity contribution in [2.24, 2.45) is 13.0 Å². The van der Waals surface area contributed by atoms with E-state index in [2.05, 4.69) is 15.4 Å². The first-order valence-corrected chi connectivity index (χ1v) is 9.44. The summed E-state index contributed by atoms with van der Waals surface area (Å²) in [4.78, 5) is 16.5. The molecule has 2 aromatic rings. The fourth-order valence-electron chi connectivity index (χ4n) is 3.61. The number of rotatable bonds is 6. The molecule has 1 aromatic carbocycles. The summed E-state index contributed by atoms with van der Waals surface area (Å²) in [6.45, 7) is 2.35. The molecule has 138 valence electrons. The lowest BCUT2D eigenvalue weighted by molar-refractivity contribution is 0.0448. The Labute approximate surface area is 153 Å². The van der Waals surface area contributed by atoms with Crippen LogP contribution in [0.25, 0.3) is 11.4 Å². The Hall–Kier alpha value is -2.28. The number of amides is 1. The molecule has 2 aliphatic rings. The Morgan fingerprint density at radius 3 is 2.58 bits per heavy atom. The maximum Gasteiger partial charge on any atom is 0.253 e. The number of nitrogens with zero attached hydrogens (tertiary/aromatic N) is 5. The van der Waals surface area contributed by atoms with Crippen molar-refractivity contribution in [1.82, 2.24) is 25.1 Å². The Morgan fingerprint density at radius 2 is 2.00 bits per heavy atom. The van der Waals surface area contributed by atoms with E-state index in [1.54, 1.807) is 7.05 Å². The molecular weight excluding hydrogens is 330 g/mol. The average Bonchev–Trinajstić information content (AvgIpc) is 3.28. The van der Waals surface area contributed by atoms with Crippen molar-refractivity contribution in [2.45, 2.75) is 38.2 Å². The molecular formula is C19H25N5O2. The predicted molar refractivity (Wildman–Crippen MR) is 96.5 cm³/mol. The zero-order valence-corrected chi connectivity index (χ0v) is 15.2. The monoisotopic (exact) mass is 355 g/mol. The second kappa shape index (κ2) is 7.53. The van der Waals surface area contributed by atoms with Crippen molar-refractivity contribution in [2.75, 3.05) is 19.7 Å². The van der Waals surface area contributed by atoms with Gasteiger partial charge in [-0.2, -0.15) is 4.80 Å². The van der Waals surface area contributed by atoms with Gasteiger partial charge in [0.05, 0.1) is 13.2 Å². The molecule has 1 atom stereocenters. The Balaban J connectivity index is 1.48. The van der Waals surface area contributed by atoms with E-state index in [9.17, 15) is 4.79 Å². The van der Waals surface area contributed by atoms with Gasteiger partial charge in [-0.3, -0.25) is 4.79 Å². The van der Waals surface area contributed by atoms with Gasteiger partial charge in [-0.15, -0.1) is 10.2 Å². The molecule has 1 amide bonds. The number of aromatic nitrogens is 4. The van der Waals surface area contributed by atoms with Crippen molar-refractivity contribution in [3.63, 3.8) is 0 Å². The summed E-state index contributed by atoms with van der Waals surface area (Å²) in [7, 11) is 1.73. The molecule has 1 aromatic heterocycles. The van der Waals surface area contributed by atoms with E-state index >= 15 is 0 Å². The summed E-state index contributed by atoms with van der Waals surface area (Å²) in [6, 6.07) is 7.49. The molecule has 2 heterocycles. The zero-order chi connectivity index (χ0) is 17.9. The molecule has 4 rings (SSSR count). The number of carbonyl (C=O) groups excluding carboxylic acids is 1. The number of tetrazole rings is 1. The third kappa shape index (κ3) is 3.77. The number of ether oxygens (including phenoxy) is 1.